The van der Waals surface area contributed by atoms with E-state index in [9.17, 15) is 0 Å². The predicted molar refractivity (Wildman–Crippen MR) is 97.5 cm³/mol. The molecule has 0 saturated heterocycles. The maximum atomic E-state index is 4.56. The second-order valence-corrected chi connectivity index (χ2v) is 5.81. The summed E-state index contributed by atoms with van der Waals surface area (Å²) in [6.07, 6.45) is 3.59. The number of nitrogens with one attached hydrogen (secondary N) is 2. The Morgan fingerprint density at radius 1 is 1.00 bits per heavy atom. The van der Waals surface area contributed by atoms with Crippen LogP contribution in [0, 0.1) is 20.8 Å². The van der Waals surface area contributed by atoms with Crippen molar-refractivity contribution >= 4 is 17.5 Å². The molecule has 24 heavy (non-hydrogen) atoms. The Labute approximate surface area is 142 Å². The molecule has 2 heterocycles. The minimum atomic E-state index is 0.603. The van der Waals surface area contributed by atoms with Gasteiger partial charge in [0, 0.05) is 36.4 Å². The molecule has 1 aromatic carbocycles. The summed E-state index contributed by atoms with van der Waals surface area (Å²) in [7, 11) is 0. The lowest BCUT2D eigenvalue weighted by molar-refractivity contribution is 1.02. The van der Waals surface area contributed by atoms with E-state index in [1.54, 1.807) is 6.20 Å². The predicted octanol–water partition coefficient (Wildman–Crippen LogP) is 4.15. The van der Waals surface area contributed by atoms with Gasteiger partial charge in [0.1, 0.15) is 5.82 Å². The number of hydrogen-bond acceptors (Lipinski definition) is 5. The van der Waals surface area contributed by atoms with Crippen LogP contribution in [-0.2, 0) is 6.54 Å². The summed E-state index contributed by atoms with van der Waals surface area (Å²) in [4.78, 5) is 13.1. The Morgan fingerprint density at radius 3 is 2.67 bits per heavy atom. The summed E-state index contributed by atoms with van der Waals surface area (Å²) in [5, 5.41) is 6.64. The van der Waals surface area contributed by atoms with Gasteiger partial charge >= 0.3 is 0 Å². The van der Waals surface area contributed by atoms with E-state index in [2.05, 4.69) is 51.6 Å². The average Bonchev–Trinajstić information content (AvgIpc) is 2.58. The van der Waals surface area contributed by atoms with E-state index >= 15 is 0 Å². The zero-order valence-electron chi connectivity index (χ0n) is 14.2. The van der Waals surface area contributed by atoms with Gasteiger partial charge in [0.15, 0.2) is 0 Å². The number of benzene rings is 1. The summed E-state index contributed by atoms with van der Waals surface area (Å²) in [5.74, 6) is 1.39. The van der Waals surface area contributed by atoms with Gasteiger partial charge in [-0.05, 0) is 49.6 Å². The molecule has 0 unspecified atom stereocenters. The van der Waals surface area contributed by atoms with Gasteiger partial charge in [-0.3, -0.25) is 4.98 Å². The van der Waals surface area contributed by atoms with Crippen LogP contribution < -0.4 is 10.6 Å². The fraction of sp³-hybridized carbons (Fsp3) is 0.211. The van der Waals surface area contributed by atoms with Gasteiger partial charge in [0.05, 0.1) is 0 Å². The lowest BCUT2D eigenvalue weighted by atomic mass is 10.1. The molecule has 5 heteroatoms. The van der Waals surface area contributed by atoms with Crippen molar-refractivity contribution in [1.82, 2.24) is 15.0 Å². The van der Waals surface area contributed by atoms with E-state index in [4.69, 9.17) is 0 Å². The number of hydrogen-bond donors (Lipinski definition) is 2. The van der Waals surface area contributed by atoms with E-state index in [1.165, 1.54) is 11.1 Å². The van der Waals surface area contributed by atoms with Crippen molar-refractivity contribution in [3.63, 3.8) is 0 Å². The van der Waals surface area contributed by atoms with Gasteiger partial charge in [-0.15, -0.1) is 0 Å². The normalized spacial score (nSPS) is 10.5. The molecule has 0 fully saturated rings. The number of pyridine rings is 1. The molecule has 0 aliphatic rings. The largest absolute Gasteiger partial charge is 0.350 e. The first-order chi connectivity index (χ1) is 11.6. The maximum absolute atomic E-state index is 4.56. The summed E-state index contributed by atoms with van der Waals surface area (Å²) >= 11 is 0. The highest BCUT2D eigenvalue weighted by atomic mass is 15.1. The molecular formula is C19H21N5. The highest BCUT2D eigenvalue weighted by Crippen LogP contribution is 2.22. The van der Waals surface area contributed by atoms with Crippen molar-refractivity contribution in [2.75, 3.05) is 10.6 Å². The third kappa shape index (κ3) is 3.87. The summed E-state index contributed by atoms with van der Waals surface area (Å²) < 4.78 is 0. The number of anilines is 3. The number of rotatable bonds is 5. The Bertz CT molecular complexity index is 830. The van der Waals surface area contributed by atoms with Crippen molar-refractivity contribution in [3.8, 4) is 0 Å². The van der Waals surface area contributed by atoms with Crippen LogP contribution in [0.4, 0.5) is 17.5 Å². The van der Waals surface area contributed by atoms with Crippen LogP contribution in [0.5, 0.6) is 0 Å². The monoisotopic (exact) mass is 319 g/mol. The first-order valence-corrected chi connectivity index (χ1v) is 7.93. The molecule has 0 bridgehead atoms. The smallest absolute Gasteiger partial charge is 0.225 e. The van der Waals surface area contributed by atoms with Crippen LogP contribution in [0.3, 0.4) is 0 Å². The van der Waals surface area contributed by atoms with Crippen molar-refractivity contribution in [3.05, 3.63) is 71.2 Å². The molecule has 3 rings (SSSR count). The fourth-order valence-corrected chi connectivity index (χ4v) is 2.42. The first-order valence-electron chi connectivity index (χ1n) is 7.93. The van der Waals surface area contributed by atoms with Crippen LogP contribution in [0.1, 0.15) is 22.4 Å². The Hall–Kier alpha value is -2.95. The van der Waals surface area contributed by atoms with Gasteiger partial charge in [-0.25, -0.2) is 4.98 Å². The molecule has 3 aromatic rings. The molecule has 0 radical (unpaired) electrons. The molecule has 0 spiro atoms. The van der Waals surface area contributed by atoms with Crippen LogP contribution in [0.25, 0.3) is 0 Å². The zero-order valence-corrected chi connectivity index (χ0v) is 14.2. The number of aryl methyl sites for hydroxylation is 2. The number of aromatic nitrogens is 3. The second-order valence-electron chi connectivity index (χ2n) is 5.81. The minimum Gasteiger partial charge on any atom is -0.350 e. The van der Waals surface area contributed by atoms with E-state index < -0.39 is 0 Å². The SMILES string of the molecule is Cc1cc(Nc2cccc(C)c2C)nc(NCc2cccnc2)n1. The molecule has 0 amide bonds. The van der Waals surface area contributed by atoms with Crippen molar-refractivity contribution < 1.29 is 0 Å². The lowest BCUT2D eigenvalue weighted by Gasteiger charge is -2.13. The fourth-order valence-electron chi connectivity index (χ4n) is 2.42. The van der Waals surface area contributed by atoms with Gasteiger partial charge in [-0.1, -0.05) is 18.2 Å². The molecular weight excluding hydrogens is 298 g/mol. The van der Waals surface area contributed by atoms with Crippen molar-refractivity contribution in [1.29, 1.82) is 0 Å². The Balaban J connectivity index is 1.77. The summed E-state index contributed by atoms with van der Waals surface area (Å²) in [6.45, 7) is 6.81. The van der Waals surface area contributed by atoms with Gasteiger partial charge in [0.2, 0.25) is 5.95 Å². The third-order valence-electron chi connectivity index (χ3n) is 3.90. The van der Waals surface area contributed by atoms with Gasteiger partial charge < -0.3 is 10.6 Å². The van der Waals surface area contributed by atoms with E-state index in [0.29, 0.717) is 12.5 Å². The van der Waals surface area contributed by atoms with E-state index in [-0.39, 0.29) is 0 Å². The molecule has 0 saturated carbocycles. The highest BCUT2D eigenvalue weighted by Gasteiger charge is 2.05. The molecule has 0 aliphatic heterocycles. The topological polar surface area (TPSA) is 62.7 Å². The second kappa shape index (κ2) is 7.08. The third-order valence-corrected chi connectivity index (χ3v) is 3.90. The summed E-state index contributed by atoms with van der Waals surface area (Å²) in [6, 6.07) is 12.1. The number of nitrogens with zero attached hydrogens (tertiary/aromatic N) is 3. The molecule has 2 N–H and O–H groups in total. The van der Waals surface area contributed by atoms with Crippen molar-refractivity contribution in [2.24, 2.45) is 0 Å². The quantitative estimate of drug-likeness (QED) is 0.739. The molecule has 2 aromatic heterocycles. The summed E-state index contributed by atoms with van der Waals surface area (Å²) in [5.41, 5.74) is 5.53. The van der Waals surface area contributed by atoms with Gasteiger partial charge in [0.25, 0.3) is 0 Å². The first kappa shape index (κ1) is 15.9. The molecule has 122 valence electrons. The molecule has 0 atom stereocenters. The standard InChI is InChI=1S/C19H21N5/c1-13-6-4-8-17(15(13)3)23-18-10-14(2)22-19(24-18)21-12-16-7-5-9-20-11-16/h4-11H,12H2,1-3H3,(H2,21,22,23,24). The van der Waals surface area contributed by atoms with Crippen molar-refractivity contribution in [2.45, 2.75) is 27.3 Å². The Morgan fingerprint density at radius 2 is 1.88 bits per heavy atom. The van der Waals surface area contributed by atoms with Crippen LogP contribution in [0.15, 0.2) is 48.8 Å². The highest BCUT2D eigenvalue weighted by molar-refractivity contribution is 5.62. The van der Waals surface area contributed by atoms with E-state index in [1.807, 2.05) is 37.4 Å². The van der Waals surface area contributed by atoms with Crippen LogP contribution in [0.2, 0.25) is 0 Å². The van der Waals surface area contributed by atoms with Crippen LogP contribution >= 0.6 is 0 Å². The molecule has 5 nitrogen and oxygen atoms in total. The maximum Gasteiger partial charge on any atom is 0.225 e. The molecule has 0 aliphatic carbocycles. The average molecular weight is 319 g/mol. The van der Waals surface area contributed by atoms with Gasteiger partial charge in [-0.2, -0.15) is 4.98 Å². The zero-order chi connectivity index (χ0) is 16.9. The van der Waals surface area contributed by atoms with Crippen LogP contribution in [-0.4, -0.2) is 15.0 Å². The van der Waals surface area contributed by atoms with E-state index in [0.717, 1.165) is 22.8 Å². The minimum absolute atomic E-state index is 0.603. The lowest BCUT2D eigenvalue weighted by Crippen LogP contribution is -2.07. The Kier molecular flexibility index (Phi) is 4.70.